The molecular formula is C11H13F3N2O2. The topological polar surface area (TPSA) is 64.3 Å². The van der Waals surface area contributed by atoms with Gasteiger partial charge < -0.3 is 15.8 Å². The molecule has 0 aliphatic heterocycles. The first-order chi connectivity index (χ1) is 8.31. The van der Waals surface area contributed by atoms with Crippen molar-refractivity contribution in [1.29, 1.82) is 0 Å². The van der Waals surface area contributed by atoms with Gasteiger partial charge in [-0.1, -0.05) is 0 Å². The average Bonchev–Trinajstić information content (AvgIpc) is 2.26. The van der Waals surface area contributed by atoms with Crippen molar-refractivity contribution in [2.75, 3.05) is 18.2 Å². The maximum absolute atomic E-state index is 11.9. The van der Waals surface area contributed by atoms with Crippen LogP contribution in [0.25, 0.3) is 0 Å². The van der Waals surface area contributed by atoms with E-state index in [9.17, 15) is 18.0 Å². The smallest absolute Gasteiger partial charge is 0.389 e. The number of carbonyl (C=O) groups is 1. The van der Waals surface area contributed by atoms with Crippen molar-refractivity contribution in [3.05, 3.63) is 18.2 Å². The molecule has 0 aromatic heterocycles. The van der Waals surface area contributed by atoms with Crippen LogP contribution in [0.2, 0.25) is 0 Å². The summed E-state index contributed by atoms with van der Waals surface area (Å²) in [6, 6.07) is 4.50. The summed E-state index contributed by atoms with van der Waals surface area (Å²) in [6.07, 6.45) is -6.15. The number of methoxy groups -OCH3 is 1. The number of ether oxygens (including phenoxy) is 1. The second kappa shape index (κ2) is 5.61. The summed E-state index contributed by atoms with van der Waals surface area (Å²) in [5.41, 5.74) is 6.15. The first kappa shape index (κ1) is 14.1. The van der Waals surface area contributed by atoms with Gasteiger partial charge in [-0.05, 0) is 18.2 Å². The molecule has 0 saturated heterocycles. The zero-order valence-corrected chi connectivity index (χ0v) is 9.67. The number of nitrogens with two attached hydrogens (primary N) is 1. The fourth-order valence-electron chi connectivity index (χ4n) is 1.29. The highest BCUT2D eigenvalue weighted by Crippen LogP contribution is 2.27. The quantitative estimate of drug-likeness (QED) is 0.819. The number of amides is 1. The highest BCUT2D eigenvalue weighted by atomic mass is 19.4. The number of carbonyl (C=O) groups excluding carboxylic acids is 1. The Balaban J connectivity index is 2.66. The van der Waals surface area contributed by atoms with E-state index in [2.05, 4.69) is 5.32 Å². The molecule has 0 saturated carbocycles. The molecule has 1 amide bonds. The number of benzene rings is 1. The van der Waals surface area contributed by atoms with Gasteiger partial charge in [0.05, 0.1) is 19.2 Å². The Kier molecular flexibility index (Phi) is 4.41. The van der Waals surface area contributed by atoms with Gasteiger partial charge in [-0.15, -0.1) is 0 Å². The van der Waals surface area contributed by atoms with Crippen LogP contribution in [0.15, 0.2) is 18.2 Å². The number of hydrogen-bond donors (Lipinski definition) is 2. The molecule has 0 bridgehead atoms. The van der Waals surface area contributed by atoms with Gasteiger partial charge in [-0.25, -0.2) is 0 Å². The zero-order valence-electron chi connectivity index (χ0n) is 9.67. The maximum Gasteiger partial charge on any atom is 0.389 e. The molecule has 1 rings (SSSR count). The summed E-state index contributed by atoms with van der Waals surface area (Å²) in [7, 11) is 1.39. The summed E-state index contributed by atoms with van der Waals surface area (Å²) in [5, 5.41) is 2.33. The van der Waals surface area contributed by atoms with E-state index in [1.165, 1.54) is 19.2 Å². The van der Waals surface area contributed by atoms with Crippen molar-refractivity contribution in [1.82, 2.24) is 0 Å². The molecule has 100 valence electrons. The number of halogens is 3. The van der Waals surface area contributed by atoms with Gasteiger partial charge in [0.15, 0.2) is 0 Å². The SMILES string of the molecule is COc1ccc(N)cc1NC(=O)CCC(F)(F)F. The fourth-order valence-corrected chi connectivity index (χ4v) is 1.29. The van der Waals surface area contributed by atoms with Crippen molar-refractivity contribution < 1.29 is 22.7 Å². The summed E-state index contributed by atoms with van der Waals surface area (Å²) < 4.78 is 40.8. The molecule has 0 radical (unpaired) electrons. The Morgan fingerprint density at radius 3 is 2.67 bits per heavy atom. The minimum Gasteiger partial charge on any atom is -0.495 e. The van der Waals surface area contributed by atoms with E-state index >= 15 is 0 Å². The average molecular weight is 262 g/mol. The largest absolute Gasteiger partial charge is 0.495 e. The first-order valence-corrected chi connectivity index (χ1v) is 5.12. The molecule has 0 heterocycles. The summed E-state index contributed by atoms with van der Waals surface area (Å²) >= 11 is 0. The van der Waals surface area contributed by atoms with Crippen LogP contribution in [0.4, 0.5) is 24.5 Å². The third-order valence-electron chi connectivity index (χ3n) is 2.13. The predicted molar refractivity (Wildman–Crippen MR) is 61.3 cm³/mol. The highest BCUT2D eigenvalue weighted by Gasteiger charge is 2.28. The van der Waals surface area contributed by atoms with E-state index in [0.29, 0.717) is 11.4 Å². The van der Waals surface area contributed by atoms with Crippen molar-refractivity contribution in [3.8, 4) is 5.75 Å². The molecule has 0 unspecified atom stereocenters. The van der Waals surface area contributed by atoms with Gasteiger partial charge in [-0.2, -0.15) is 13.2 Å². The number of anilines is 2. The molecule has 1 aromatic rings. The van der Waals surface area contributed by atoms with Gasteiger partial charge in [0.25, 0.3) is 0 Å². The third-order valence-corrected chi connectivity index (χ3v) is 2.13. The Hall–Kier alpha value is -1.92. The minimum atomic E-state index is -4.35. The van der Waals surface area contributed by atoms with Crippen LogP contribution in [0.3, 0.4) is 0 Å². The van der Waals surface area contributed by atoms with E-state index in [1.807, 2.05) is 0 Å². The van der Waals surface area contributed by atoms with E-state index in [0.717, 1.165) is 0 Å². The lowest BCUT2D eigenvalue weighted by molar-refractivity contribution is -0.142. The monoisotopic (exact) mass is 262 g/mol. The van der Waals surface area contributed by atoms with Crippen molar-refractivity contribution in [2.24, 2.45) is 0 Å². The molecule has 0 atom stereocenters. The van der Waals surface area contributed by atoms with E-state index in [-0.39, 0.29) is 5.69 Å². The number of nitrogens with one attached hydrogen (secondary N) is 1. The van der Waals surface area contributed by atoms with Gasteiger partial charge in [0, 0.05) is 12.1 Å². The van der Waals surface area contributed by atoms with Crippen LogP contribution < -0.4 is 15.8 Å². The lowest BCUT2D eigenvalue weighted by atomic mass is 10.2. The maximum atomic E-state index is 11.9. The van der Waals surface area contributed by atoms with Crippen LogP contribution in [0, 0.1) is 0 Å². The lowest BCUT2D eigenvalue weighted by Gasteiger charge is -2.11. The molecular weight excluding hydrogens is 249 g/mol. The molecule has 18 heavy (non-hydrogen) atoms. The van der Waals surface area contributed by atoms with Crippen molar-refractivity contribution >= 4 is 17.3 Å². The van der Waals surface area contributed by atoms with E-state index < -0.39 is 24.9 Å². The standard InChI is InChI=1S/C11H13F3N2O2/c1-18-9-3-2-7(15)6-8(9)16-10(17)4-5-11(12,13)14/h2-3,6H,4-5,15H2,1H3,(H,16,17). The Morgan fingerprint density at radius 2 is 2.11 bits per heavy atom. The molecule has 0 aliphatic rings. The third kappa shape index (κ3) is 4.52. The highest BCUT2D eigenvalue weighted by molar-refractivity contribution is 5.92. The first-order valence-electron chi connectivity index (χ1n) is 5.12. The molecule has 0 aliphatic carbocycles. The van der Waals surface area contributed by atoms with Crippen LogP contribution in [0.5, 0.6) is 5.75 Å². The molecule has 7 heteroatoms. The number of hydrogen-bond acceptors (Lipinski definition) is 3. The predicted octanol–water partition coefficient (Wildman–Crippen LogP) is 2.56. The minimum absolute atomic E-state index is 0.254. The van der Waals surface area contributed by atoms with Gasteiger partial charge >= 0.3 is 6.18 Å². The summed E-state index contributed by atoms with van der Waals surface area (Å²) in [5.74, 6) is -0.402. The molecule has 0 spiro atoms. The van der Waals surface area contributed by atoms with Crippen molar-refractivity contribution in [2.45, 2.75) is 19.0 Å². The number of rotatable bonds is 4. The molecule has 4 nitrogen and oxygen atoms in total. The van der Waals surface area contributed by atoms with Crippen molar-refractivity contribution in [3.63, 3.8) is 0 Å². The van der Waals surface area contributed by atoms with E-state index in [1.54, 1.807) is 6.07 Å². The Labute approximate surface area is 102 Å². The zero-order chi connectivity index (χ0) is 13.8. The fraction of sp³-hybridized carbons (Fsp3) is 0.364. The van der Waals surface area contributed by atoms with Gasteiger partial charge in [0.1, 0.15) is 5.75 Å². The second-order valence-electron chi connectivity index (χ2n) is 3.62. The lowest BCUT2D eigenvalue weighted by Crippen LogP contribution is -2.17. The summed E-state index contributed by atoms with van der Waals surface area (Å²) in [6.45, 7) is 0. The second-order valence-corrected chi connectivity index (χ2v) is 3.62. The Bertz CT molecular complexity index is 433. The van der Waals surface area contributed by atoms with Crippen LogP contribution in [-0.4, -0.2) is 19.2 Å². The number of alkyl halides is 3. The van der Waals surface area contributed by atoms with Crippen LogP contribution >= 0.6 is 0 Å². The Morgan fingerprint density at radius 1 is 1.44 bits per heavy atom. The normalized spacial score (nSPS) is 11.1. The van der Waals surface area contributed by atoms with Crippen LogP contribution in [-0.2, 0) is 4.79 Å². The molecule has 3 N–H and O–H groups in total. The van der Waals surface area contributed by atoms with Gasteiger partial charge in [-0.3, -0.25) is 4.79 Å². The summed E-state index contributed by atoms with van der Waals surface area (Å²) in [4.78, 5) is 11.3. The molecule has 0 fully saturated rings. The van der Waals surface area contributed by atoms with E-state index in [4.69, 9.17) is 10.5 Å². The van der Waals surface area contributed by atoms with Crippen LogP contribution in [0.1, 0.15) is 12.8 Å². The number of nitrogen functional groups attached to an aromatic ring is 1. The van der Waals surface area contributed by atoms with Gasteiger partial charge in [0.2, 0.25) is 5.91 Å². The molecule has 1 aromatic carbocycles.